The lowest BCUT2D eigenvalue weighted by molar-refractivity contribution is -0.137. The lowest BCUT2D eigenvalue weighted by Gasteiger charge is -2.13. The van der Waals surface area contributed by atoms with Gasteiger partial charge in [0.25, 0.3) is 5.91 Å². The maximum Gasteiger partial charge on any atom is 0.416 e. The number of alkyl halides is 3. The number of ether oxygens (including phenoxy) is 3. The van der Waals surface area contributed by atoms with Gasteiger partial charge in [0.2, 0.25) is 5.75 Å². The Morgan fingerprint density at radius 3 is 2.21 bits per heavy atom. The molecule has 0 saturated carbocycles. The first-order valence-electron chi connectivity index (χ1n) is 8.04. The van der Waals surface area contributed by atoms with Crippen LogP contribution in [-0.4, -0.2) is 33.8 Å². The Morgan fingerprint density at radius 2 is 1.68 bits per heavy atom. The van der Waals surface area contributed by atoms with E-state index in [1.54, 1.807) is 0 Å². The number of amides is 1. The fourth-order valence-corrected chi connectivity index (χ4v) is 2.36. The Balaban J connectivity index is 2.09. The van der Waals surface area contributed by atoms with Gasteiger partial charge in [-0.1, -0.05) is 17.9 Å². The molecule has 8 heteroatoms. The molecule has 0 spiro atoms. The Labute approximate surface area is 160 Å². The van der Waals surface area contributed by atoms with Crippen LogP contribution in [0, 0.1) is 11.8 Å². The molecular formula is C20H18F3NO4. The van der Waals surface area contributed by atoms with Crippen LogP contribution in [0.25, 0.3) is 0 Å². The fourth-order valence-electron chi connectivity index (χ4n) is 2.36. The molecule has 5 nitrogen and oxygen atoms in total. The molecule has 0 aliphatic carbocycles. The van der Waals surface area contributed by atoms with Crippen molar-refractivity contribution >= 4 is 5.91 Å². The van der Waals surface area contributed by atoms with E-state index in [2.05, 4.69) is 17.2 Å². The third-order valence-corrected chi connectivity index (χ3v) is 3.69. The van der Waals surface area contributed by atoms with Crippen LogP contribution in [0.4, 0.5) is 13.2 Å². The average molecular weight is 393 g/mol. The lowest BCUT2D eigenvalue weighted by Crippen LogP contribution is -2.23. The highest BCUT2D eigenvalue weighted by atomic mass is 19.4. The molecule has 2 rings (SSSR count). The summed E-state index contributed by atoms with van der Waals surface area (Å²) in [7, 11) is 4.31. The summed E-state index contributed by atoms with van der Waals surface area (Å²) < 4.78 is 53.6. The van der Waals surface area contributed by atoms with Crippen LogP contribution in [0.3, 0.4) is 0 Å². The summed E-state index contributed by atoms with van der Waals surface area (Å²) in [5.74, 6) is 5.77. The van der Waals surface area contributed by atoms with Crippen molar-refractivity contribution in [3.05, 3.63) is 53.1 Å². The Bertz CT molecular complexity index is 889. The third kappa shape index (κ3) is 5.10. The SMILES string of the molecule is COc1cc(C(=O)NCC#Cc2cccc(C(F)(F)F)c2)cc(OC)c1OC. The Hall–Kier alpha value is -3.34. The van der Waals surface area contributed by atoms with Crippen LogP contribution in [0.2, 0.25) is 0 Å². The number of halogens is 3. The topological polar surface area (TPSA) is 56.8 Å². The molecule has 0 heterocycles. The molecular weight excluding hydrogens is 375 g/mol. The summed E-state index contributed by atoms with van der Waals surface area (Å²) in [5.41, 5.74) is -0.312. The van der Waals surface area contributed by atoms with Gasteiger partial charge in [0.1, 0.15) is 0 Å². The first kappa shape index (κ1) is 21.0. The van der Waals surface area contributed by atoms with E-state index in [9.17, 15) is 18.0 Å². The molecule has 0 radical (unpaired) electrons. The van der Waals surface area contributed by atoms with Gasteiger partial charge in [-0.15, -0.1) is 0 Å². The lowest BCUT2D eigenvalue weighted by atomic mass is 10.1. The van der Waals surface area contributed by atoms with Gasteiger partial charge in [0.05, 0.1) is 33.4 Å². The molecule has 1 amide bonds. The Kier molecular flexibility index (Phi) is 6.77. The molecule has 0 unspecified atom stereocenters. The van der Waals surface area contributed by atoms with E-state index in [1.807, 2.05) is 0 Å². The standard InChI is InChI=1S/C20H18F3NO4/c1-26-16-11-14(12-17(27-2)18(16)28-3)19(25)24-9-5-7-13-6-4-8-15(10-13)20(21,22)23/h4,6,8,10-12H,9H2,1-3H3,(H,24,25). The molecule has 2 aromatic carbocycles. The van der Waals surface area contributed by atoms with Gasteiger partial charge < -0.3 is 19.5 Å². The van der Waals surface area contributed by atoms with Gasteiger partial charge in [-0.25, -0.2) is 0 Å². The number of carbonyl (C=O) groups is 1. The van der Waals surface area contributed by atoms with E-state index in [1.165, 1.54) is 45.6 Å². The minimum atomic E-state index is -4.43. The fraction of sp³-hybridized carbons (Fsp3) is 0.250. The van der Waals surface area contributed by atoms with Gasteiger partial charge in [-0.05, 0) is 30.3 Å². The number of hydrogen-bond donors (Lipinski definition) is 1. The minimum Gasteiger partial charge on any atom is -0.493 e. The highest BCUT2D eigenvalue weighted by molar-refractivity contribution is 5.95. The number of rotatable bonds is 5. The summed E-state index contributed by atoms with van der Waals surface area (Å²) >= 11 is 0. The third-order valence-electron chi connectivity index (χ3n) is 3.69. The Morgan fingerprint density at radius 1 is 1.04 bits per heavy atom. The summed E-state index contributed by atoms with van der Waals surface area (Å²) in [6.45, 7) is -0.0499. The second-order valence-corrected chi connectivity index (χ2v) is 5.48. The van der Waals surface area contributed by atoms with Crippen molar-refractivity contribution in [2.24, 2.45) is 0 Å². The second-order valence-electron chi connectivity index (χ2n) is 5.48. The molecule has 2 aromatic rings. The molecule has 0 aliphatic rings. The van der Waals surface area contributed by atoms with Crippen molar-refractivity contribution in [1.29, 1.82) is 0 Å². The summed E-state index contributed by atoms with van der Waals surface area (Å²) in [4.78, 5) is 12.3. The van der Waals surface area contributed by atoms with Crippen molar-refractivity contribution in [1.82, 2.24) is 5.32 Å². The highest BCUT2D eigenvalue weighted by Gasteiger charge is 2.30. The zero-order chi connectivity index (χ0) is 20.7. The van der Waals surface area contributed by atoms with Crippen molar-refractivity contribution in [3.8, 4) is 29.1 Å². The van der Waals surface area contributed by atoms with Gasteiger partial charge in [0.15, 0.2) is 11.5 Å². The number of carbonyl (C=O) groups excluding carboxylic acids is 1. The van der Waals surface area contributed by atoms with Crippen LogP contribution in [-0.2, 0) is 6.18 Å². The maximum absolute atomic E-state index is 12.7. The normalized spacial score (nSPS) is 10.5. The van der Waals surface area contributed by atoms with E-state index < -0.39 is 17.6 Å². The predicted molar refractivity (Wildman–Crippen MR) is 96.8 cm³/mol. The minimum absolute atomic E-state index is 0.0499. The summed E-state index contributed by atoms with van der Waals surface area (Å²) in [6, 6.07) is 7.63. The first-order chi connectivity index (χ1) is 13.3. The van der Waals surface area contributed by atoms with Crippen LogP contribution in [0.5, 0.6) is 17.2 Å². The van der Waals surface area contributed by atoms with Gasteiger partial charge in [0, 0.05) is 11.1 Å². The zero-order valence-electron chi connectivity index (χ0n) is 15.4. The predicted octanol–water partition coefficient (Wildman–Crippen LogP) is 3.51. The van der Waals surface area contributed by atoms with Crippen molar-refractivity contribution < 1.29 is 32.2 Å². The van der Waals surface area contributed by atoms with E-state index in [0.717, 1.165) is 12.1 Å². The van der Waals surface area contributed by atoms with E-state index in [-0.39, 0.29) is 17.7 Å². The summed E-state index contributed by atoms with van der Waals surface area (Å²) in [5, 5.41) is 2.57. The monoisotopic (exact) mass is 393 g/mol. The molecule has 1 N–H and O–H groups in total. The molecule has 0 atom stereocenters. The van der Waals surface area contributed by atoms with E-state index in [0.29, 0.717) is 17.2 Å². The number of nitrogens with one attached hydrogen (secondary N) is 1. The molecule has 0 aromatic heterocycles. The number of methoxy groups -OCH3 is 3. The van der Waals surface area contributed by atoms with Crippen LogP contribution in [0.1, 0.15) is 21.5 Å². The van der Waals surface area contributed by atoms with E-state index in [4.69, 9.17) is 14.2 Å². The highest BCUT2D eigenvalue weighted by Crippen LogP contribution is 2.38. The number of benzene rings is 2. The maximum atomic E-state index is 12.7. The molecule has 0 aliphatic heterocycles. The average Bonchev–Trinajstić information content (AvgIpc) is 2.69. The second kappa shape index (κ2) is 9.04. The van der Waals surface area contributed by atoms with Crippen molar-refractivity contribution in [2.45, 2.75) is 6.18 Å². The molecule has 0 saturated heterocycles. The van der Waals surface area contributed by atoms with Crippen molar-refractivity contribution in [2.75, 3.05) is 27.9 Å². The largest absolute Gasteiger partial charge is 0.493 e. The molecule has 148 valence electrons. The van der Waals surface area contributed by atoms with Gasteiger partial charge in [-0.2, -0.15) is 13.2 Å². The molecule has 0 fully saturated rings. The molecule has 0 bridgehead atoms. The van der Waals surface area contributed by atoms with Crippen LogP contribution < -0.4 is 19.5 Å². The first-order valence-corrected chi connectivity index (χ1v) is 8.04. The van der Waals surface area contributed by atoms with Crippen LogP contribution >= 0.6 is 0 Å². The van der Waals surface area contributed by atoms with Crippen molar-refractivity contribution in [3.63, 3.8) is 0 Å². The quantitative estimate of drug-likeness (QED) is 0.790. The number of hydrogen-bond acceptors (Lipinski definition) is 4. The summed E-state index contributed by atoms with van der Waals surface area (Å²) in [6.07, 6.45) is -4.43. The van der Waals surface area contributed by atoms with Gasteiger partial charge in [-0.3, -0.25) is 4.79 Å². The smallest absolute Gasteiger partial charge is 0.416 e. The zero-order valence-corrected chi connectivity index (χ0v) is 15.4. The van der Waals surface area contributed by atoms with Crippen LogP contribution in [0.15, 0.2) is 36.4 Å². The van der Waals surface area contributed by atoms with Gasteiger partial charge >= 0.3 is 6.18 Å². The van der Waals surface area contributed by atoms with E-state index >= 15 is 0 Å². The molecule has 28 heavy (non-hydrogen) atoms.